The van der Waals surface area contributed by atoms with Gasteiger partial charge in [0.1, 0.15) is 0 Å². The molecule has 0 N–H and O–H groups in total. The molecule has 0 aromatic heterocycles. The fourth-order valence-corrected chi connectivity index (χ4v) is 7.01. The first-order valence-electron chi connectivity index (χ1n) is 11.1. The van der Waals surface area contributed by atoms with E-state index in [0.717, 1.165) is 24.2 Å². The molecule has 4 aromatic rings. The minimum Gasteiger partial charge on any atom is -0.780 e. The van der Waals surface area contributed by atoms with Gasteiger partial charge >= 0.3 is 26.2 Å². The molecule has 0 aliphatic heterocycles. The monoisotopic (exact) mass is 546 g/mol. The van der Waals surface area contributed by atoms with E-state index in [4.69, 9.17) is 12.6 Å². The summed E-state index contributed by atoms with van der Waals surface area (Å²) in [4.78, 5) is 13.4. The molecule has 164 valence electrons. The van der Waals surface area contributed by atoms with Crippen molar-refractivity contribution in [1.82, 2.24) is 0 Å². The fourth-order valence-electron chi connectivity index (χ4n) is 5.28. The van der Waals surface area contributed by atoms with Crippen molar-refractivity contribution < 1.29 is 36.1 Å². The molecule has 0 spiro atoms. The first kappa shape index (κ1) is 24.4. The summed E-state index contributed by atoms with van der Waals surface area (Å²) in [6, 6.07) is 29.1. The Balaban J connectivity index is 0.000000183. The molecule has 2 nitrogen and oxygen atoms in total. The fraction of sp³-hybridized carbons (Fsp3) is 0.250. The summed E-state index contributed by atoms with van der Waals surface area (Å²) in [6.45, 7) is 0. The first-order chi connectivity index (χ1) is 15.6. The largest absolute Gasteiger partial charge is 2.00 e. The number of benzene rings is 4. The second-order valence-electron chi connectivity index (χ2n) is 8.84. The topological polar surface area (TPSA) is 40.1 Å². The molecule has 2 aliphatic rings. The number of carboxylic acid groups (broad SMARTS) is 1. The van der Waals surface area contributed by atoms with Crippen LogP contribution in [0.15, 0.2) is 94.7 Å². The van der Waals surface area contributed by atoms with Gasteiger partial charge in [-0.25, -0.2) is 0 Å². The van der Waals surface area contributed by atoms with Gasteiger partial charge in [-0.1, -0.05) is 72.8 Å². The number of thioether (sulfide) groups is 1. The Bertz CT molecular complexity index is 1270. The molecular formula is C28H24O2S2Zr. The molecular weight excluding hydrogens is 524 g/mol. The molecule has 4 unspecified atom stereocenters. The van der Waals surface area contributed by atoms with Crippen LogP contribution in [0, 0.1) is 17.8 Å². The Hall–Kier alpha value is -1.68. The molecule has 0 heterocycles. The minimum atomic E-state index is -0.841. The number of fused-ring (bicyclic) bond motifs is 4. The third kappa shape index (κ3) is 5.53. The van der Waals surface area contributed by atoms with Crippen molar-refractivity contribution in [3.05, 3.63) is 84.9 Å². The molecule has 2 aliphatic carbocycles. The van der Waals surface area contributed by atoms with Gasteiger partial charge in [0.25, 0.3) is 0 Å². The number of aliphatic carboxylic acids is 1. The van der Waals surface area contributed by atoms with Crippen LogP contribution in [0.5, 0.6) is 0 Å². The van der Waals surface area contributed by atoms with Gasteiger partial charge < -0.3 is 22.5 Å². The number of carboxylic acids is 1. The standard InChI is InChI=1S/C18H18O2S.C10H8S.Zr/c19-18(20)16-8-11-7-15(16)17(9-11)21-14-6-5-12-3-1-2-4-13(12)10-14;11-10-6-5-8-3-1-2-4-9(8)7-10;/h1-6,10-11,15-17H,7-9H2,(H,19,20);1-7,11H;/q;;+2/p-2. The Morgan fingerprint density at radius 3 is 2.03 bits per heavy atom. The summed E-state index contributed by atoms with van der Waals surface area (Å²) in [5.41, 5.74) is 0. The first-order valence-corrected chi connectivity index (χ1v) is 12.4. The molecule has 0 radical (unpaired) electrons. The van der Waals surface area contributed by atoms with E-state index >= 15 is 0 Å². The van der Waals surface area contributed by atoms with Crippen molar-refractivity contribution >= 4 is 51.9 Å². The van der Waals surface area contributed by atoms with Gasteiger partial charge in [-0.3, -0.25) is 0 Å². The molecule has 0 saturated heterocycles. The van der Waals surface area contributed by atoms with Crippen LogP contribution in [0.3, 0.4) is 0 Å². The third-order valence-electron chi connectivity index (χ3n) is 6.78. The maximum Gasteiger partial charge on any atom is 2.00 e. The molecule has 4 aromatic carbocycles. The Morgan fingerprint density at radius 2 is 1.39 bits per heavy atom. The van der Waals surface area contributed by atoms with Gasteiger partial charge in [-0.05, 0) is 64.8 Å². The van der Waals surface area contributed by atoms with Crippen molar-refractivity contribution in [3.8, 4) is 0 Å². The molecule has 5 heteroatoms. The molecule has 2 saturated carbocycles. The van der Waals surface area contributed by atoms with Crippen LogP contribution >= 0.6 is 11.8 Å². The number of hydrogen-bond acceptors (Lipinski definition) is 4. The normalized spacial score (nSPS) is 23.0. The summed E-state index contributed by atoms with van der Waals surface area (Å²) in [5.74, 6) is -0.166. The van der Waals surface area contributed by atoms with E-state index in [1.807, 2.05) is 36.0 Å². The van der Waals surface area contributed by atoms with Crippen LogP contribution < -0.4 is 5.11 Å². The molecule has 6 rings (SSSR count). The molecule has 2 fully saturated rings. The summed E-state index contributed by atoms with van der Waals surface area (Å²) in [7, 11) is 0. The quantitative estimate of drug-likeness (QED) is 0.302. The average Bonchev–Trinajstić information content (AvgIpc) is 3.40. The summed E-state index contributed by atoms with van der Waals surface area (Å²) in [6.07, 6.45) is 3.07. The van der Waals surface area contributed by atoms with E-state index < -0.39 is 5.97 Å². The second-order valence-corrected chi connectivity index (χ2v) is 10.6. The predicted molar refractivity (Wildman–Crippen MR) is 132 cm³/mol. The van der Waals surface area contributed by atoms with Crippen LogP contribution in [0.1, 0.15) is 19.3 Å². The van der Waals surface area contributed by atoms with Gasteiger partial charge in [-0.2, -0.15) is 4.90 Å². The van der Waals surface area contributed by atoms with E-state index in [0.29, 0.717) is 17.1 Å². The SMILES string of the molecule is O=C([O-])C1CC2CC(Sc3ccc4ccccc4c3)C1C2.[S-]c1ccc2ccccc2c1.[Zr+2]. The van der Waals surface area contributed by atoms with E-state index in [1.54, 1.807) is 0 Å². The zero-order chi connectivity index (χ0) is 22.1. The van der Waals surface area contributed by atoms with E-state index in [9.17, 15) is 9.90 Å². The number of hydrogen-bond donors (Lipinski definition) is 0. The van der Waals surface area contributed by atoms with Crippen molar-refractivity contribution in [1.29, 1.82) is 0 Å². The van der Waals surface area contributed by atoms with Crippen LogP contribution in [0.4, 0.5) is 0 Å². The van der Waals surface area contributed by atoms with Gasteiger partial charge in [0.05, 0.1) is 0 Å². The van der Waals surface area contributed by atoms with Gasteiger partial charge in [-0.15, -0.1) is 11.8 Å². The van der Waals surface area contributed by atoms with E-state index in [1.165, 1.54) is 26.4 Å². The molecule has 0 amide bonds. The maximum atomic E-state index is 11.2. The average molecular weight is 548 g/mol. The summed E-state index contributed by atoms with van der Waals surface area (Å²) in [5, 5.41) is 16.7. The van der Waals surface area contributed by atoms with Crippen LogP contribution in [-0.2, 0) is 43.6 Å². The summed E-state index contributed by atoms with van der Waals surface area (Å²) < 4.78 is 0. The zero-order valence-electron chi connectivity index (χ0n) is 18.1. The number of carbonyl (C=O) groups excluding carboxylic acids is 1. The zero-order valence-corrected chi connectivity index (χ0v) is 22.2. The van der Waals surface area contributed by atoms with Gasteiger partial charge in [0.15, 0.2) is 0 Å². The van der Waals surface area contributed by atoms with Crippen LogP contribution in [0.2, 0.25) is 0 Å². The van der Waals surface area contributed by atoms with Crippen molar-refractivity contribution in [2.45, 2.75) is 34.3 Å². The Kier molecular flexibility index (Phi) is 7.94. The van der Waals surface area contributed by atoms with Gasteiger partial charge in [0, 0.05) is 22.0 Å². The van der Waals surface area contributed by atoms with Crippen LogP contribution in [-0.4, -0.2) is 11.2 Å². The second kappa shape index (κ2) is 10.7. The molecule has 4 atom stereocenters. The van der Waals surface area contributed by atoms with Crippen LogP contribution in [0.25, 0.3) is 21.5 Å². The van der Waals surface area contributed by atoms with Gasteiger partial charge in [0.2, 0.25) is 0 Å². The minimum absolute atomic E-state index is 0. The van der Waals surface area contributed by atoms with E-state index in [2.05, 4.69) is 60.7 Å². The molecule has 2 bridgehead atoms. The number of carbonyl (C=O) groups is 1. The number of rotatable bonds is 3. The smallest absolute Gasteiger partial charge is 0.780 e. The predicted octanol–water partition coefficient (Wildman–Crippen LogP) is 5.84. The van der Waals surface area contributed by atoms with Crippen molar-refractivity contribution in [2.75, 3.05) is 0 Å². The summed E-state index contributed by atoms with van der Waals surface area (Å²) >= 11 is 6.90. The molecule has 33 heavy (non-hydrogen) atoms. The van der Waals surface area contributed by atoms with Crippen molar-refractivity contribution in [2.24, 2.45) is 17.8 Å². The third-order valence-corrected chi connectivity index (χ3v) is 8.41. The maximum absolute atomic E-state index is 11.2. The Morgan fingerprint density at radius 1 is 0.788 bits per heavy atom. The van der Waals surface area contributed by atoms with Crippen molar-refractivity contribution in [3.63, 3.8) is 0 Å². The van der Waals surface area contributed by atoms with E-state index in [-0.39, 0.29) is 32.1 Å². The Labute approximate surface area is 223 Å².